The van der Waals surface area contributed by atoms with Gasteiger partial charge in [0.05, 0.1) is 11.1 Å². The fraction of sp³-hybridized carbons (Fsp3) is 0.154. The van der Waals surface area contributed by atoms with Gasteiger partial charge < -0.3 is 5.11 Å². The molecule has 2 amide bonds. The molecule has 0 bridgehead atoms. The summed E-state index contributed by atoms with van der Waals surface area (Å²) < 4.78 is 0.440. The Bertz CT molecular complexity index is 652. The summed E-state index contributed by atoms with van der Waals surface area (Å²) in [4.78, 5) is 42.0. The van der Waals surface area contributed by atoms with Gasteiger partial charge in [-0.25, -0.2) is 4.79 Å². The van der Waals surface area contributed by atoms with Crippen molar-refractivity contribution in [2.75, 3.05) is 0 Å². The second kappa shape index (κ2) is 4.97. The monoisotopic (exact) mass is 352 g/mol. The Balaban J connectivity index is 2.01. The van der Waals surface area contributed by atoms with E-state index in [1.165, 1.54) is 18.2 Å². The van der Waals surface area contributed by atoms with E-state index in [2.05, 4.69) is 21.4 Å². The molecule has 0 aromatic heterocycles. The zero-order chi connectivity index (χ0) is 15.1. The summed E-state index contributed by atoms with van der Waals surface area (Å²) in [6.45, 7) is 0. The molecule has 0 radical (unpaired) electrons. The highest BCUT2D eigenvalue weighted by Crippen LogP contribution is 2.28. The van der Waals surface area contributed by atoms with Gasteiger partial charge in [0.2, 0.25) is 0 Å². The Labute approximate surface area is 127 Å². The van der Waals surface area contributed by atoms with E-state index < -0.39 is 29.9 Å². The van der Waals surface area contributed by atoms with Gasteiger partial charge in [0.25, 0.3) is 11.8 Å². The molecule has 108 valence electrons. The second-order valence-electron chi connectivity index (χ2n) is 4.51. The quantitative estimate of drug-likeness (QED) is 0.619. The number of rotatable bonds is 3. The molecule has 1 aromatic carbocycles. The fourth-order valence-corrected chi connectivity index (χ4v) is 2.70. The summed E-state index contributed by atoms with van der Waals surface area (Å²) in [5.74, 6) is -2.60. The number of imide groups is 1. The highest BCUT2D eigenvalue weighted by molar-refractivity contribution is 9.11. The van der Waals surface area contributed by atoms with E-state index >= 15 is 0 Å². The number of fused-ring (bicyclic) bond motifs is 1. The first-order valence-corrected chi connectivity index (χ1v) is 6.78. The van der Waals surface area contributed by atoms with Gasteiger partial charge in [-0.05, 0) is 34.1 Å². The van der Waals surface area contributed by atoms with Crippen molar-refractivity contribution in [1.82, 2.24) is 10.4 Å². The molecule has 0 aliphatic carbocycles. The summed E-state index contributed by atoms with van der Waals surface area (Å²) in [7, 11) is 0. The Morgan fingerprint density at radius 2 is 1.86 bits per heavy atom. The van der Waals surface area contributed by atoms with Crippen molar-refractivity contribution in [2.24, 2.45) is 0 Å². The minimum absolute atomic E-state index is 0.197. The van der Waals surface area contributed by atoms with Gasteiger partial charge in [0.1, 0.15) is 10.7 Å². The standard InChI is InChI=1S/C13H9BrN2O5/c14-9-5-8(21-15-9)10(13(19)20)16-11(17)6-3-1-2-4-7(6)12(16)18/h1-5,8,10,15H,(H,19,20). The lowest BCUT2D eigenvalue weighted by Gasteiger charge is -2.25. The van der Waals surface area contributed by atoms with Crippen molar-refractivity contribution in [3.63, 3.8) is 0 Å². The SMILES string of the molecule is O=C(O)C(C1C=C(Br)NO1)N1C(=O)c2ccccc2C1=O. The van der Waals surface area contributed by atoms with Crippen LogP contribution in [-0.2, 0) is 9.63 Å². The van der Waals surface area contributed by atoms with E-state index in [0.29, 0.717) is 4.61 Å². The number of hydrogen-bond acceptors (Lipinski definition) is 5. The number of carboxylic acid groups (broad SMARTS) is 1. The number of amides is 2. The van der Waals surface area contributed by atoms with E-state index in [9.17, 15) is 19.5 Å². The van der Waals surface area contributed by atoms with Crippen molar-refractivity contribution < 1.29 is 24.3 Å². The zero-order valence-electron chi connectivity index (χ0n) is 10.4. The average molecular weight is 353 g/mol. The van der Waals surface area contributed by atoms with Crippen LogP contribution >= 0.6 is 15.9 Å². The first-order valence-electron chi connectivity index (χ1n) is 5.99. The summed E-state index contributed by atoms with van der Waals surface area (Å²) in [6, 6.07) is 4.78. The lowest BCUT2D eigenvalue weighted by molar-refractivity contribution is -0.146. The van der Waals surface area contributed by atoms with Gasteiger partial charge in [-0.3, -0.25) is 24.8 Å². The molecule has 2 aliphatic rings. The van der Waals surface area contributed by atoms with Crippen LogP contribution in [0.5, 0.6) is 0 Å². The van der Waals surface area contributed by atoms with Crippen molar-refractivity contribution in [1.29, 1.82) is 0 Å². The largest absolute Gasteiger partial charge is 0.480 e. The Morgan fingerprint density at radius 1 is 1.29 bits per heavy atom. The average Bonchev–Trinajstić information content (AvgIpc) is 2.97. The van der Waals surface area contributed by atoms with Crippen LogP contribution in [0.2, 0.25) is 0 Å². The molecule has 7 nitrogen and oxygen atoms in total. The van der Waals surface area contributed by atoms with Gasteiger partial charge in [-0.2, -0.15) is 0 Å². The predicted octanol–water partition coefficient (Wildman–Crippen LogP) is 0.876. The molecule has 3 rings (SSSR count). The van der Waals surface area contributed by atoms with Crippen LogP contribution in [0.3, 0.4) is 0 Å². The molecule has 21 heavy (non-hydrogen) atoms. The second-order valence-corrected chi connectivity index (χ2v) is 5.36. The molecule has 2 aliphatic heterocycles. The number of benzene rings is 1. The smallest absolute Gasteiger partial charge is 0.330 e. The third-order valence-corrected chi connectivity index (χ3v) is 3.70. The molecule has 0 saturated heterocycles. The number of hydroxylamine groups is 1. The Kier molecular flexibility index (Phi) is 3.26. The van der Waals surface area contributed by atoms with Crippen LogP contribution in [-0.4, -0.2) is 39.9 Å². The maximum Gasteiger partial charge on any atom is 0.330 e. The van der Waals surface area contributed by atoms with E-state index in [1.54, 1.807) is 12.1 Å². The van der Waals surface area contributed by atoms with Crippen molar-refractivity contribution in [3.8, 4) is 0 Å². The third kappa shape index (κ3) is 2.12. The zero-order valence-corrected chi connectivity index (χ0v) is 12.0. The van der Waals surface area contributed by atoms with E-state index in [4.69, 9.17) is 4.84 Å². The van der Waals surface area contributed by atoms with Gasteiger partial charge in [-0.1, -0.05) is 12.1 Å². The highest BCUT2D eigenvalue weighted by atomic mass is 79.9. The van der Waals surface area contributed by atoms with Crippen LogP contribution in [0.4, 0.5) is 0 Å². The van der Waals surface area contributed by atoms with Crippen LogP contribution in [0, 0.1) is 0 Å². The lowest BCUT2D eigenvalue weighted by Crippen LogP contribution is -2.51. The normalized spacial score (nSPS) is 21.9. The topological polar surface area (TPSA) is 95.9 Å². The van der Waals surface area contributed by atoms with Crippen molar-refractivity contribution in [3.05, 3.63) is 46.1 Å². The maximum atomic E-state index is 12.3. The summed E-state index contributed by atoms with van der Waals surface area (Å²) in [6.07, 6.45) is 0.474. The van der Waals surface area contributed by atoms with Crippen LogP contribution in [0.15, 0.2) is 34.9 Å². The number of halogens is 1. The maximum absolute atomic E-state index is 12.3. The third-order valence-electron chi connectivity index (χ3n) is 3.27. The molecule has 1 aromatic rings. The van der Waals surface area contributed by atoms with Gasteiger partial charge in [0, 0.05) is 0 Å². The fourth-order valence-electron chi connectivity index (χ4n) is 2.35. The molecule has 2 N–H and O–H groups in total. The van der Waals surface area contributed by atoms with Gasteiger partial charge in [0.15, 0.2) is 6.04 Å². The summed E-state index contributed by atoms with van der Waals surface area (Å²) in [5.41, 5.74) is 2.84. The minimum atomic E-state index is -1.44. The van der Waals surface area contributed by atoms with Crippen LogP contribution in [0.1, 0.15) is 20.7 Å². The molecule has 0 saturated carbocycles. The number of aliphatic carboxylic acids is 1. The first kappa shape index (κ1) is 13.8. The highest BCUT2D eigenvalue weighted by Gasteiger charge is 2.47. The van der Waals surface area contributed by atoms with E-state index in [0.717, 1.165) is 4.90 Å². The summed E-state index contributed by atoms with van der Waals surface area (Å²) >= 11 is 3.11. The van der Waals surface area contributed by atoms with E-state index in [1.807, 2.05) is 0 Å². The van der Waals surface area contributed by atoms with Crippen molar-refractivity contribution >= 4 is 33.7 Å². The van der Waals surface area contributed by atoms with Gasteiger partial charge in [-0.15, -0.1) is 0 Å². The van der Waals surface area contributed by atoms with Crippen LogP contribution in [0.25, 0.3) is 0 Å². The predicted molar refractivity (Wildman–Crippen MR) is 73.4 cm³/mol. The number of carbonyl (C=O) groups excluding carboxylic acids is 2. The molecule has 8 heteroatoms. The molecular weight excluding hydrogens is 344 g/mol. The molecule has 2 unspecified atom stereocenters. The van der Waals surface area contributed by atoms with Crippen molar-refractivity contribution in [2.45, 2.75) is 12.1 Å². The molecule has 0 spiro atoms. The molecule has 2 atom stereocenters. The van der Waals surface area contributed by atoms with E-state index in [-0.39, 0.29) is 11.1 Å². The molecule has 0 fully saturated rings. The Morgan fingerprint density at radius 3 is 2.29 bits per heavy atom. The molecule has 2 heterocycles. The number of nitrogens with zero attached hydrogens (tertiary/aromatic N) is 1. The number of carboxylic acids is 1. The molecular formula is C13H9BrN2O5. The number of hydrogen-bond donors (Lipinski definition) is 2. The van der Waals surface area contributed by atoms with Crippen LogP contribution < -0.4 is 5.48 Å². The Hall–Kier alpha value is -2.19. The summed E-state index contributed by atoms with van der Waals surface area (Å²) in [5, 5.41) is 9.40. The van der Waals surface area contributed by atoms with Gasteiger partial charge >= 0.3 is 5.97 Å². The number of carbonyl (C=O) groups is 3. The first-order chi connectivity index (χ1) is 10.0. The minimum Gasteiger partial charge on any atom is -0.480 e. The lowest BCUT2D eigenvalue weighted by atomic mass is 10.1. The number of nitrogens with one attached hydrogen (secondary N) is 1.